The van der Waals surface area contributed by atoms with Crippen molar-refractivity contribution in [3.05, 3.63) is 23.8 Å². The highest BCUT2D eigenvalue weighted by atomic mass is 16.7. The number of likely N-dealkylation sites (N-methyl/N-ethyl adjacent to an activating group) is 1. The molecule has 0 radical (unpaired) electrons. The van der Waals surface area contributed by atoms with Crippen LogP contribution in [0.15, 0.2) is 18.2 Å². The quantitative estimate of drug-likeness (QED) is 0.760. The molecule has 0 aromatic heterocycles. The molecule has 0 bridgehead atoms. The highest BCUT2D eigenvalue weighted by Crippen LogP contribution is 2.32. The van der Waals surface area contributed by atoms with Gasteiger partial charge in [-0.25, -0.2) is 0 Å². The molecule has 1 unspecified atom stereocenters. The van der Waals surface area contributed by atoms with Gasteiger partial charge in [-0.3, -0.25) is 0 Å². The van der Waals surface area contributed by atoms with Crippen LogP contribution in [0.4, 0.5) is 0 Å². The van der Waals surface area contributed by atoms with Gasteiger partial charge in [0, 0.05) is 6.54 Å². The van der Waals surface area contributed by atoms with Crippen LogP contribution < -0.4 is 14.8 Å². The summed E-state index contributed by atoms with van der Waals surface area (Å²) in [5.41, 5.74) is 1.06. The maximum Gasteiger partial charge on any atom is 0.231 e. The van der Waals surface area contributed by atoms with E-state index in [1.807, 2.05) is 25.2 Å². The van der Waals surface area contributed by atoms with Gasteiger partial charge in [-0.15, -0.1) is 0 Å². The van der Waals surface area contributed by atoms with Crippen LogP contribution in [0.5, 0.6) is 11.5 Å². The Hall–Kier alpha value is -1.26. The van der Waals surface area contributed by atoms with Crippen molar-refractivity contribution in [3.8, 4) is 11.5 Å². The van der Waals surface area contributed by atoms with Gasteiger partial charge in [-0.1, -0.05) is 6.07 Å². The van der Waals surface area contributed by atoms with Crippen LogP contribution in [0, 0.1) is 0 Å². The first-order chi connectivity index (χ1) is 7.29. The van der Waals surface area contributed by atoms with Crippen molar-refractivity contribution in [2.45, 2.75) is 12.5 Å². The van der Waals surface area contributed by atoms with Crippen molar-refractivity contribution in [2.24, 2.45) is 0 Å². The summed E-state index contributed by atoms with van der Waals surface area (Å²) in [6, 6.07) is 5.75. The van der Waals surface area contributed by atoms with Crippen molar-refractivity contribution in [2.75, 3.05) is 20.4 Å². The topological polar surface area (TPSA) is 50.7 Å². The second kappa shape index (κ2) is 4.51. The van der Waals surface area contributed by atoms with E-state index in [0.29, 0.717) is 13.0 Å². The lowest BCUT2D eigenvalue weighted by atomic mass is 10.1. The molecule has 1 aliphatic heterocycles. The lowest BCUT2D eigenvalue weighted by Gasteiger charge is -2.09. The number of aliphatic hydroxyl groups excluding tert-OH is 1. The van der Waals surface area contributed by atoms with Crippen LogP contribution >= 0.6 is 0 Å². The minimum atomic E-state index is -0.365. The Labute approximate surface area is 88.8 Å². The Kier molecular flexibility index (Phi) is 3.08. The van der Waals surface area contributed by atoms with E-state index in [2.05, 4.69) is 5.32 Å². The molecule has 0 aliphatic carbocycles. The van der Waals surface area contributed by atoms with Crippen LogP contribution in [0.3, 0.4) is 0 Å². The van der Waals surface area contributed by atoms with E-state index < -0.39 is 0 Å². The predicted octanol–water partition coefficient (Wildman–Crippen LogP) is 0.538. The van der Waals surface area contributed by atoms with Gasteiger partial charge in [0.1, 0.15) is 0 Å². The number of rotatable bonds is 4. The normalized spacial score (nSPS) is 15.3. The number of hydrogen-bond donors (Lipinski definition) is 2. The third-order valence-corrected chi connectivity index (χ3v) is 2.35. The summed E-state index contributed by atoms with van der Waals surface area (Å²) in [5.74, 6) is 1.55. The molecule has 1 heterocycles. The monoisotopic (exact) mass is 209 g/mol. The zero-order chi connectivity index (χ0) is 10.7. The molecule has 0 fully saturated rings. The molecule has 1 atom stereocenters. The molecule has 1 aliphatic rings. The number of hydrogen-bond acceptors (Lipinski definition) is 4. The molecule has 0 saturated carbocycles. The first-order valence-corrected chi connectivity index (χ1v) is 5.01. The van der Waals surface area contributed by atoms with E-state index in [4.69, 9.17) is 9.47 Å². The summed E-state index contributed by atoms with van der Waals surface area (Å²) in [6.45, 7) is 0.881. The number of aliphatic hydroxyl groups is 1. The van der Waals surface area contributed by atoms with E-state index in [-0.39, 0.29) is 12.9 Å². The van der Waals surface area contributed by atoms with Gasteiger partial charge < -0.3 is 19.9 Å². The minimum absolute atomic E-state index is 0.290. The fourth-order valence-electron chi connectivity index (χ4n) is 1.65. The lowest BCUT2D eigenvalue weighted by molar-refractivity contribution is 0.172. The van der Waals surface area contributed by atoms with Crippen molar-refractivity contribution >= 4 is 0 Å². The first kappa shape index (κ1) is 10.3. The molecule has 2 N–H and O–H groups in total. The second-order valence-electron chi connectivity index (χ2n) is 3.60. The van der Waals surface area contributed by atoms with Gasteiger partial charge in [-0.2, -0.15) is 0 Å². The molecule has 2 rings (SSSR count). The second-order valence-corrected chi connectivity index (χ2v) is 3.60. The van der Waals surface area contributed by atoms with Gasteiger partial charge in [-0.05, 0) is 31.2 Å². The summed E-state index contributed by atoms with van der Waals surface area (Å²) < 4.78 is 10.5. The number of ether oxygens (including phenoxy) is 2. The minimum Gasteiger partial charge on any atom is -0.454 e. The molecule has 0 saturated heterocycles. The SMILES string of the molecule is CNCC(O)Cc1ccc2c(c1)OCO2. The number of benzene rings is 1. The summed E-state index contributed by atoms with van der Waals surface area (Å²) >= 11 is 0. The maximum atomic E-state index is 9.62. The van der Waals surface area contributed by atoms with Gasteiger partial charge >= 0.3 is 0 Å². The van der Waals surface area contributed by atoms with E-state index in [9.17, 15) is 5.11 Å². The number of nitrogens with one attached hydrogen (secondary N) is 1. The Morgan fingerprint density at radius 2 is 2.20 bits per heavy atom. The summed E-state index contributed by atoms with van der Waals surface area (Å²) in [4.78, 5) is 0. The molecule has 1 aromatic carbocycles. The molecule has 82 valence electrons. The highest BCUT2D eigenvalue weighted by molar-refractivity contribution is 5.44. The fraction of sp³-hybridized carbons (Fsp3) is 0.455. The molecule has 4 heteroatoms. The largest absolute Gasteiger partial charge is 0.454 e. The predicted molar refractivity (Wildman–Crippen MR) is 56.2 cm³/mol. The molecular formula is C11H15NO3. The Morgan fingerprint density at radius 1 is 1.40 bits per heavy atom. The average Bonchev–Trinajstić information content (AvgIpc) is 2.65. The van der Waals surface area contributed by atoms with Crippen LogP contribution in [0.25, 0.3) is 0 Å². The van der Waals surface area contributed by atoms with Crippen molar-refractivity contribution in [3.63, 3.8) is 0 Å². The van der Waals surface area contributed by atoms with E-state index in [1.54, 1.807) is 0 Å². The molecule has 4 nitrogen and oxygen atoms in total. The molecular weight excluding hydrogens is 194 g/mol. The smallest absolute Gasteiger partial charge is 0.231 e. The van der Waals surface area contributed by atoms with Crippen LogP contribution in [-0.4, -0.2) is 31.6 Å². The van der Waals surface area contributed by atoms with Crippen molar-refractivity contribution < 1.29 is 14.6 Å². The molecule has 0 spiro atoms. The number of fused-ring (bicyclic) bond motifs is 1. The van der Waals surface area contributed by atoms with Crippen LogP contribution in [0.2, 0.25) is 0 Å². The van der Waals surface area contributed by atoms with E-state index >= 15 is 0 Å². The standard InChI is InChI=1S/C11H15NO3/c1-12-6-9(13)4-8-2-3-10-11(5-8)15-7-14-10/h2-3,5,9,12-13H,4,6-7H2,1H3. The molecule has 0 amide bonds. The molecule has 1 aromatic rings. The third kappa shape index (κ3) is 2.40. The lowest BCUT2D eigenvalue weighted by Crippen LogP contribution is -2.25. The van der Waals surface area contributed by atoms with Gasteiger partial charge in [0.05, 0.1) is 6.10 Å². The van der Waals surface area contributed by atoms with Crippen LogP contribution in [0.1, 0.15) is 5.56 Å². The zero-order valence-corrected chi connectivity index (χ0v) is 8.69. The first-order valence-electron chi connectivity index (χ1n) is 5.01. The maximum absolute atomic E-state index is 9.62. The third-order valence-electron chi connectivity index (χ3n) is 2.35. The van der Waals surface area contributed by atoms with Gasteiger partial charge in [0.25, 0.3) is 0 Å². The van der Waals surface area contributed by atoms with Crippen molar-refractivity contribution in [1.82, 2.24) is 5.32 Å². The van der Waals surface area contributed by atoms with E-state index in [0.717, 1.165) is 17.1 Å². The zero-order valence-electron chi connectivity index (χ0n) is 8.69. The average molecular weight is 209 g/mol. The molecule has 15 heavy (non-hydrogen) atoms. The summed E-state index contributed by atoms with van der Waals surface area (Å²) in [6.07, 6.45) is 0.257. The fourth-order valence-corrected chi connectivity index (χ4v) is 1.65. The Bertz CT molecular complexity index is 341. The van der Waals surface area contributed by atoms with Gasteiger partial charge in [0.2, 0.25) is 6.79 Å². The Morgan fingerprint density at radius 3 is 3.00 bits per heavy atom. The Balaban J connectivity index is 2.03. The summed E-state index contributed by atoms with van der Waals surface area (Å²) in [5, 5.41) is 12.6. The summed E-state index contributed by atoms with van der Waals surface area (Å²) in [7, 11) is 1.82. The van der Waals surface area contributed by atoms with Crippen molar-refractivity contribution in [1.29, 1.82) is 0 Å². The van der Waals surface area contributed by atoms with Gasteiger partial charge in [0.15, 0.2) is 11.5 Å². The van der Waals surface area contributed by atoms with E-state index in [1.165, 1.54) is 0 Å². The van der Waals surface area contributed by atoms with Crippen LogP contribution in [-0.2, 0) is 6.42 Å². The highest BCUT2D eigenvalue weighted by Gasteiger charge is 2.14.